The zero-order valence-electron chi connectivity index (χ0n) is 10.2. The van der Waals surface area contributed by atoms with Gasteiger partial charge in [-0.1, -0.05) is 6.07 Å². The van der Waals surface area contributed by atoms with E-state index in [9.17, 15) is 9.59 Å². The highest BCUT2D eigenvalue weighted by atomic mass is 79.9. The fraction of sp³-hybridized carbons (Fsp3) is 0.333. The first-order valence-corrected chi connectivity index (χ1v) is 6.10. The minimum atomic E-state index is -1.10. The van der Waals surface area contributed by atoms with E-state index in [-0.39, 0.29) is 23.6 Å². The van der Waals surface area contributed by atoms with Crippen molar-refractivity contribution in [3.8, 4) is 0 Å². The Kier molecular flexibility index (Phi) is 4.48. The highest BCUT2D eigenvalue weighted by Crippen LogP contribution is 2.27. The molecule has 0 heterocycles. The van der Waals surface area contributed by atoms with E-state index in [1.54, 1.807) is 26.0 Å². The van der Waals surface area contributed by atoms with Crippen molar-refractivity contribution in [3.05, 3.63) is 28.2 Å². The largest absolute Gasteiger partial charge is 0.478 e. The van der Waals surface area contributed by atoms with Crippen molar-refractivity contribution in [1.29, 1.82) is 0 Å². The fourth-order valence-electron chi connectivity index (χ4n) is 1.43. The minimum Gasteiger partial charge on any atom is -0.478 e. The third kappa shape index (κ3) is 4.12. The third-order valence-electron chi connectivity index (χ3n) is 2.12. The molecular formula is C12H15BrN2O3. The van der Waals surface area contributed by atoms with E-state index in [0.29, 0.717) is 4.47 Å². The number of carbonyl (C=O) groups is 2. The molecule has 0 fully saturated rings. The Morgan fingerprint density at radius 3 is 2.56 bits per heavy atom. The van der Waals surface area contributed by atoms with E-state index in [0.717, 1.165) is 0 Å². The molecule has 0 spiro atoms. The van der Waals surface area contributed by atoms with Crippen molar-refractivity contribution in [3.63, 3.8) is 0 Å². The molecule has 1 rings (SSSR count). The lowest BCUT2D eigenvalue weighted by molar-refractivity contribution is -0.117. The summed E-state index contributed by atoms with van der Waals surface area (Å²) in [5, 5.41) is 11.6. The van der Waals surface area contributed by atoms with Gasteiger partial charge in [-0.3, -0.25) is 4.79 Å². The highest BCUT2D eigenvalue weighted by Gasteiger charge is 2.19. The van der Waals surface area contributed by atoms with Gasteiger partial charge in [-0.2, -0.15) is 0 Å². The number of carboxylic acids is 1. The number of hydrogen-bond donors (Lipinski definition) is 3. The second-order valence-electron chi connectivity index (χ2n) is 4.68. The molecule has 0 saturated carbocycles. The van der Waals surface area contributed by atoms with Gasteiger partial charge >= 0.3 is 5.97 Å². The number of benzene rings is 1. The summed E-state index contributed by atoms with van der Waals surface area (Å²) in [6.07, 6.45) is 0.105. The quantitative estimate of drug-likeness (QED) is 0.794. The Labute approximate surface area is 113 Å². The Morgan fingerprint density at radius 2 is 2.06 bits per heavy atom. The topological polar surface area (TPSA) is 92.4 Å². The summed E-state index contributed by atoms with van der Waals surface area (Å²) in [6.45, 7) is 3.45. The van der Waals surface area contributed by atoms with Gasteiger partial charge in [0, 0.05) is 16.4 Å². The van der Waals surface area contributed by atoms with Gasteiger partial charge in [-0.25, -0.2) is 4.79 Å². The number of halogens is 1. The molecule has 0 bridgehead atoms. The number of carbonyl (C=O) groups excluding carboxylic acids is 1. The second-order valence-corrected chi connectivity index (χ2v) is 5.54. The lowest BCUT2D eigenvalue weighted by Crippen LogP contribution is -2.36. The molecule has 18 heavy (non-hydrogen) atoms. The zero-order chi connectivity index (χ0) is 13.9. The van der Waals surface area contributed by atoms with Gasteiger partial charge in [0.2, 0.25) is 5.91 Å². The third-order valence-corrected chi connectivity index (χ3v) is 2.79. The van der Waals surface area contributed by atoms with Gasteiger partial charge in [0.05, 0.1) is 11.3 Å². The van der Waals surface area contributed by atoms with Gasteiger partial charge in [-0.05, 0) is 41.9 Å². The molecule has 98 valence electrons. The molecule has 1 aromatic carbocycles. The Hall–Kier alpha value is -1.40. The first-order valence-electron chi connectivity index (χ1n) is 5.31. The molecule has 0 aromatic heterocycles. The first-order chi connectivity index (χ1) is 8.20. The number of aromatic carboxylic acids is 1. The van der Waals surface area contributed by atoms with E-state index < -0.39 is 11.5 Å². The van der Waals surface area contributed by atoms with Crippen LogP contribution in [0, 0.1) is 0 Å². The molecule has 5 nitrogen and oxygen atoms in total. The van der Waals surface area contributed by atoms with Crippen LogP contribution in [0.15, 0.2) is 22.7 Å². The predicted octanol–water partition coefficient (Wildman–Crippen LogP) is 2.21. The van der Waals surface area contributed by atoms with Crippen molar-refractivity contribution >= 4 is 33.5 Å². The average Bonchev–Trinajstić information content (AvgIpc) is 2.17. The van der Waals surface area contributed by atoms with Crippen LogP contribution in [-0.2, 0) is 4.79 Å². The van der Waals surface area contributed by atoms with E-state index in [4.69, 9.17) is 10.8 Å². The minimum absolute atomic E-state index is 0.0348. The van der Waals surface area contributed by atoms with Crippen LogP contribution in [0.3, 0.4) is 0 Å². The van der Waals surface area contributed by atoms with E-state index in [1.165, 1.54) is 6.07 Å². The normalized spacial score (nSPS) is 11.1. The van der Waals surface area contributed by atoms with Crippen LogP contribution in [0.5, 0.6) is 0 Å². The van der Waals surface area contributed by atoms with Crippen LogP contribution >= 0.6 is 15.9 Å². The standard InChI is InChI=1S/C12H15BrN2O3/c1-12(2,14)6-9(16)15-10-7(11(17)18)4-3-5-8(10)13/h3-5H,6,14H2,1-2H3,(H,15,16)(H,17,18). The molecule has 0 aliphatic carbocycles. The number of carboxylic acid groups (broad SMARTS) is 1. The van der Waals surface area contributed by atoms with E-state index in [2.05, 4.69) is 21.2 Å². The average molecular weight is 315 g/mol. The van der Waals surface area contributed by atoms with Gasteiger partial charge in [-0.15, -0.1) is 0 Å². The molecule has 6 heteroatoms. The van der Waals surface area contributed by atoms with Crippen LogP contribution in [0.2, 0.25) is 0 Å². The van der Waals surface area contributed by atoms with Gasteiger partial charge in [0.1, 0.15) is 0 Å². The predicted molar refractivity (Wildman–Crippen MR) is 72.6 cm³/mol. The molecule has 0 atom stereocenters. The van der Waals surface area contributed by atoms with Gasteiger partial charge < -0.3 is 16.2 Å². The molecular weight excluding hydrogens is 300 g/mol. The van der Waals surface area contributed by atoms with Gasteiger partial charge in [0.15, 0.2) is 0 Å². The number of rotatable bonds is 4. The Morgan fingerprint density at radius 1 is 1.44 bits per heavy atom. The van der Waals surface area contributed by atoms with Crippen LogP contribution in [0.1, 0.15) is 30.6 Å². The maximum atomic E-state index is 11.8. The summed E-state index contributed by atoms with van der Waals surface area (Å²) in [6, 6.07) is 4.68. The summed E-state index contributed by atoms with van der Waals surface area (Å²) in [5.74, 6) is -1.42. The smallest absolute Gasteiger partial charge is 0.337 e. The van der Waals surface area contributed by atoms with Crippen LogP contribution in [-0.4, -0.2) is 22.5 Å². The molecule has 0 aliphatic heterocycles. The highest BCUT2D eigenvalue weighted by molar-refractivity contribution is 9.10. The van der Waals surface area contributed by atoms with Crippen molar-refractivity contribution in [2.45, 2.75) is 25.8 Å². The number of anilines is 1. The maximum Gasteiger partial charge on any atom is 0.337 e. The number of nitrogens with one attached hydrogen (secondary N) is 1. The summed E-state index contributed by atoms with van der Waals surface area (Å²) in [5.41, 5.74) is 5.38. The lowest BCUT2D eigenvalue weighted by Gasteiger charge is -2.18. The fourth-order valence-corrected chi connectivity index (χ4v) is 1.89. The zero-order valence-corrected chi connectivity index (χ0v) is 11.7. The van der Waals surface area contributed by atoms with E-state index in [1.807, 2.05) is 0 Å². The van der Waals surface area contributed by atoms with Crippen molar-refractivity contribution in [1.82, 2.24) is 0 Å². The number of para-hydroxylation sites is 1. The summed E-state index contributed by atoms with van der Waals surface area (Å²) < 4.78 is 0.519. The molecule has 1 amide bonds. The molecule has 0 radical (unpaired) electrons. The van der Waals surface area contributed by atoms with Crippen LogP contribution in [0.4, 0.5) is 5.69 Å². The van der Waals surface area contributed by atoms with E-state index >= 15 is 0 Å². The molecule has 0 saturated heterocycles. The summed E-state index contributed by atoms with van der Waals surface area (Å²) in [4.78, 5) is 22.8. The number of hydrogen-bond acceptors (Lipinski definition) is 3. The monoisotopic (exact) mass is 314 g/mol. The van der Waals surface area contributed by atoms with Crippen molar-refractivity contribution in [2.24, 2.45) is 5.73 Å². The molecule has 0 aliphatic rings. The summed E-state index contributed by atoms with van der Waals surface area (Å²) >= 11 is 3.21. The molecule has 4 N–H and O–H groups in total. The first kappa shape index (κ1) is 14.7. The Bertz CT molecular complexity index is 481. The molecule has 0 unspecified atom stereocenters. The lowest BCUT2D eigenvalue weighted by atomic mass is 10.0. The van der Waals surface area contributed by atoms with Crippen LogP contribution in [0.25, 0.3) is 0 Å². The van der Waals surface area contributed by atoms with Gasteiger partial charge in [0.25, 0.3) is 0 Å². The number of nitrogens with two attached hydrogens (primary N) is 1. The van der Waals surface area contributed by atoms with Crippen LogP contribution < -0.4 is 11.1 Å². The molecule has 1 aromatic rings. The maximum absolute atomic E-state index is 11.8. The summed E-state index contributed by atoms with van der Waals surface area (Å²) in [7, 11) is 0. The Balaban J connectivity index is 2.97. The second kappa shape index (κ2) is 5.49. The van der Waals surface area contributed by atoms with Crippen molar-refractivity contribution < 1.29 is 14.7 Å². The SMILES string of the molecule is CC(C)(N)CC(=O)Nc1c(Br)cccc1C(=O)O. The van der Waals surface area contributed by atoms with Crippen molar-refractivity contribution in [2.75, 3.05) is 5.32 Å². The number of amides is 1.